The monoisotopic (exact) mass is 262 g/mol. The number of hydrogen-bond donors (Lipinski definition) is 0. The Kier molecular flexibility index (Phi) is 2.75. The zero-order chi connectivity index (χ0) is 13.5. The highest BCUT2D eigenvalue weighted by atomic mass is 16.5. The summed E-state index contributed by atoms with van der Waals surface area (Å²) in [5.41, 5.74) is 8.54. The van der Waals surface area contributed by atoms with Gasteiger partial charge >= 0.3 is 0 Å². The van der Waals surface area contributed by atoms with Gasteiger partial charge in [-0.05, 0) is 46.8 Å². The first-order valence-corrected chi connectivity index (χ1v) is 7.37. The zero-order valence-electron chi connectivity index (χ0n) is 11.7. The van der Waals surface area contributed by atoms with Crippen LogP contribution >= 0.6 is 0 Å². The number of allylic oxidation sites excluding steroid dienone is 12. The van der Waals surface area contributed by atoms with Crippen molar-refractivity contribution in [1.29, 1.82) is 0 Å². The largest absolute Gasteiger partial charge is 0.377 e. The maximum absolute atomic E-state index is 5.63. The molecule has 20 heavy (non-hydrogen) atoms. The summed E-state index contributed by atoms with van der Waals surface area (Å²) in [5, 5.41) is 0. The summed E-state index contributed by atoms with van der Waals surface area (Å²) in [5.74, 6) is 0.431. The predicted octanol–water partition coefficient (Wildman–Crippen LogP) is 4.20. The Morgan fingerprint density at radius 2 is 2.05 bits per heavy atom. The van der Waals surface area contributed by atoms with Crippen LogP contribution < -0.4 is 0 Å². The average Bonchev–Trinajstić information content (AvgIpc) is 2.51. The van der Waals surface area contributed by atoms with E-state index in [1.54, 1.807) is 0 Å². The van der Waals surface area contributed by atoms with Crippen molar-refractivity contribution in [1.82, 2.24) is 0 Å². The SMILES string of the molecule is CCOCC1=CC=C2C=CC3=C4C(=CC=C1C24)CC=C3. The second-order valence-electron chi connectivity index (χ2n) is 5.55. The molecule has 0 aromatic heterocycles. The summed E-state index contributed by atoms with van der Waals surface area (Å²) in [6.45, 7) is 3.53. The normalized spacial score (nSPS) is 25.8. The molecule has 1 atom stereocenters. The van der Waals surface area contributed by atoms with Crippen LogP contribution in [0.5, 0.6) is 0 Å². The quantitative estimate of drug-likeness (QED) is 0.740. The highest BCUT2D eigenvalue weighted by molar-refractivity contribution is 5.68. The van der Waals surface area contributed by atoms with E-state index in [1.165, 1.54) is 33.4 Å². The van der Waals surface area contributed by atoms with Crippen molar-refractivity contribution in [2.75, 3.05) is 13.2 Å². The number of rotatable bonds is 3. The van der Waals surface area contributed by atoms with E-state index in [-0.39, 0.29) is 0 Å². The van der Waals surface area contributed by atoms with Gasteiger partial charge in [-0.3, -0.25) is 0 Å². The Labute approximate surface area is 120 Å². The van der Waals surface area contributed by atoms with Gasteiger partial charge < -0.3 is 4.74 Å². The molecule has 0 saturated heterocycles. The molecule has 100 valence electrons. The minimum Gasteiger partial charge on any atom is -0.377 e. The molecule has 0 N–H and O–H groups in total. The molecule has 0 aromatic carbocycles. The molecular weight excluding hydrogens is 244 g/mol. The summed E-state index contributed by atoms with van der Waals surface area (Å²) < 4.78 is 5.63. The molecule has 4 aliphatic carbocycles. The Balaban J connectivity index is 1.83. The minimum atomic E-state index is 0.431. The molecule has 0 radical (unpaired) electrons. The third-order valence-corrected chi connectivity index (χ3v) is 4.45. The molecule has 0 aliphatic heterocycles. The van der Waals surface area contributed by atoms with Gasteiger partial charge in [0.05, 0.1) is 6.61 Å². The third kappa shape index (κ3) is 1.66. The van der Waals surface area contributed by atoms with Crippen LogP contribution in [0, 0.1) is 5.92 Å². The molecule has 0 saturated carbocycles. The Morgan fingerprint density at radius 1 is 1.10 bits per heavy atom. The van der Waals surface area contributed by atoms with Crippen LogP contribution in [0.25, 0.3) is 0 Å². The van der Waals surface area contributed by atoms with E-state index in [0.29, 0.717) is 12.5 Å². The van der Waals surface area contributed by atoms with E-state index in [1.807, 2.05) is 6.92 Å². The lowest BCUT2D eigenvalue weighted by Gasteiger charge is -2.37. The molecular formula is C19H18O. The molecule has 4 aliphatic rings. The number of hydrogen-bond acceptors (Lipinski definition) is 1. The van der Waals surface area contributed by atoms with E-state index in [2.05, 4.69) is 48.6 Å². The first kappa shape index (κ1) is 11.9. The maximum atomic E-state index is 5.63. The Hall–Kier alpha value is -1.86. The molecule has 1 heteroatoms. The fourth-order valence-electron chi connectivity index (χ4n) is 3.50. The molecule has 0 amide bonds. The van der Waals surface area contributed by atoms with Gasteiger partial charge in [-0.2, -0.15) is 0 Å². The smallest absolute Gasteiger partial charge is 0.0719 e. The van der Waals surface area contributed by atoms with Crippen molar-refractivity contribution in [2.45, 2.75) is 13.3 Å². The van der Waals surface area contributed by atoms with Crippen molar-refractivity contribution in [2.24, 2.45) is 5.92 Å². The molecule has 1 unspecified atom stereocenters. The summed E-state index contributed by atoms with van der Waals surface area (Å²) >= 11 is 0. The van der Waals surface area contributed by atoms with Crippen LogP contribution in [-0.4, -0.2) is 13.2 Å². The molecule has 4 rings (SSSR count). The van der Waals surface area contributed by atoms with E-state index in [9.17, 15) is 0 Å². The van der Waals surface area contributed by atoms with Crippen LogP contribution in [0.1, 0.15) is 13.3 Å². The van der Waals surface area contributed by atoms with Gasteiger partial charge in [-0.25, -0.2) is 0 Å². The van der Waals surface area contributed by atoms with E-state index >= 15 is 0 Å². The van der Waals surface area contributed by atoms with Gasteiger partial charge in [0, 0.05) is 12.5 Å². The molecule has 0 fully saturated rings. The Morgan fingerprint density at radius 3 is 2.95 bits per heavy atom. The summed E-state index contributed by atoms with van der Waals surface area (Å²) in [6, 6.07) is 0. The van der Waals surface area contributed by atoms with Crippen LogP contribution in [0.2, 0.25) is 0 Å². The highest BCUT2D eigenvalue weighted by Gasteiger charge is 2.34. The molecule has 0 heterocycles. The van der Waals surface area contributed by atoms with Crippen molar-refractivity contribution in [3.8, 4) is 0 Å². The topological polar surface area (TPSA) is 9.23 Å². The van der Waals surface area contributed by atoms with Gasteiger partial charge in [0.2, 0.25) is 0 Å². The van der Waals surface area contributed by atoms with Gasteiger partial charge in [0.25, 0.3) is 0 Å². The Bertz CT molecular complexity index is 675. The van der Waals surface area contributed by atoms with Crippen molar-refractivity contribution >= 4 is 0 Å². The maximum Gasteiger partial charge on any atom is 0.0719 e. The zero-order valence-corrected chi connectivity index (χ0v) is 11.7. The standard InChI is InChI=1S/C19H18O/c1-2-20-12-16-9-8-15-7-6-13-4-3-5-14-10-11-17(16)19(15)18(13)14/h3-4,6-11,19H,2,5,12H2,1H3. The van der Waals surface area contributed by atoms with Crippen molar-refractivity contribution in [3.63, 3.8) is 0 Å². The van der Waals surface area contributed by atoms with Gasteiger partial charge in [0.15, 0.2) is 0 Å². The lowest BCUT2D eigenvalue weighted by molar-refractivity contribution is 0.171. The number of ether oxygens (including phenoxy) is 1. The van der Waals surface area contributed by atoms with Crippen molar-refractivity contribution < 1.29 is 4.74 Å². The van der Waals surface area contributed by atoms with Crippen LogP contribution in [-0.2, 0) is 4.74 Å². The summed E-state index contributed by atoms with van der Waals surface area (Å²) in [7, 11) is 0. The van der Waals surface area contributed by atoms with Crippen molar-refractivity contribution in [3.05, 3.63) is 82.0 Å². The first-order chi connectivity index (χ1) is 9.88. The lowest BCUT2D eigenvalue weighted by Crippen LogP contribution is -2.24. The average molecular weight is 262 g/mol. The minimum absolute atomic E-state index is 0.431. The van der Waals surface area contributed by atoms with E-state index < -0.39 is 0 Å². The third-order valence-electron chi connectivity index (χ3n) is 4.45. The fraction of sp³-hybridized carbons (Fsp3) is 0.263. The predicted molar refractivity (Wildman–Crippen MR) is 82.2 cm³/mol. The van der Waals surface area contributed by atoms with Gasteiger partial charge in [0.1, 0.15) is 0 Å². The van der Waals surface area contributed by atoms with Crippen LogP contribution in [0.3, 0.4) is 0 Å². The lowest BCUT2D eigenvalue weighted by atomic mass is 9.67. The fourth-order valence-corrected chi connectivity index (χ4v) is 3.50. The van der Waals surface area contributed by atoms with E-state index in [4.69, 9.17) is 4.74 Å². The molecule has 1 nitrogen and oxygen atoms in total. The second kappa shape index (κ2) is 4.60. The molecule has 0 aromatic rings. The molecule has 0 bridgehead atoms. The second-order valence-corrected chi connectivity index (χ2v) is 5.55. The van der Waals surface area contributed by atoms with Gasteiger partial charge in [-0.15, -0.1) is 0 Å². The summed E-state index contributed by atoms with van der Waals surface area (Å²) in [6.07, 6.45) is 19.2. The first-order valence-electron chi connectivity index (χ1n) is 7.37. The highest BCUT2D eigenvalue weighted by Crippen LogP contribution is 2.48. The summed E-state index contributed by atoms with van der Waals surface area (Å²) in [4.78, 5) is 0. The van der Waals surface area contributed by atoms with Crippen LogP contribution in [0.15, 0.2) is 82.0 Å². The van der Waals surface area contributed by atoms with Gasteiger partial charge in [-0.1, -0.05) is 48.6 Å². The molecule has 0 spiro atoms. The van der Waals surface area contributed by atoms with Crippen LogP contribution in [0.4, 0.5) is 0 Å². The van der Waals surface area contributed by atoms with E-state index in [0.717, 1.165) is 13.0 Å².